The molecule has 0 aromatic rings. The molecule has 1 aliphatic rings. The summed E-state index contributed by atoms with van der Waals surface area (Å²) in [6.07, 6.45) is 1.46. The molecule has 88 valence electrons. The molecule has 2 unspecified atom stereocenters. The van der Waals surface area contributed by atoms with E-state index in [1.807, 2.05) is 0 Å². The van der Waals surface area contributed by atoms with Crippen LogP contribution in [0.2, 0.25) is 0 Å². The molecule has 0 aliphatic carbocycles. The highest BCUT2D eigenvalue weighted by molar-refractivity contribution is 5.79. The third-order valence-electron chi connectivity index (χ3n) is 3.10. The fraction of sp³-hybridized carbons (Fsp3) is 0.900. The number of methoxy groups -OCH3 is 1. The minimum atomic E-state index is -1.07. The largest absolute Gasteiger partial charge is 0.480 e. The monoisotopic (exact) mass is 216 g/mol. The van der Waals surface area contributed by atoms with Crippen LogP contribution >= 0.6 is 0 Å². The van der Waals surface area contributed by atoms with Crippen molar-refractivity contribution in [2.75, 3.05) is 26.8 Å². The van der Waals surface area contributed by atoms with Gasteiger partial charge in [-0.3, -0.25) is 9.69 Å². The Morgan fingerprint density at radius 3 is 2.80 bits per heavy atom. The maximum atomic E-state index is 11.0. The number of aliphatic carboxylic acids is 1. The number of carboxylic acid groups (broad SMARTS) is 1. The van der Waals surface area contributed by atoms with Gasteiger partial charge in [-0.05, 0) is 12.8 Å². The summed E-state index contributed by atoms with van der Waals surface area (Å²) >= 11 is 0. The summed E-state index contributed by atoms with van der Waals surface area (Å²) in [5.74, 6) is -0.905. The van der Waals surface area contributed by atoms with Gasteiger partial charge in [-0.2, -0.15) is 0 Å². The van der Waals surface area contributed by atoms with Gasteiger partial charge >= 0.3 is 5.97 Å². The Labute approximate surface area is 90.2 Å². The van der Waals surface area contributed by atoms with Gasteiger partial charge in [0.05, 0.1) is 6.61 Å². The van der Waals surface area contributed by atoms with Crippen molar-refractivity contribution in [2.45, 2.75) is 31.3 Å². The second kappa shape index (κ2) is 4.92. The normalized spacial score (nSPS) is 29.3. The van der Waals surface area contributed by atoms with E-state index in [4.69, 9.17) is 15.6 Å². The molecule has 5 nitrogen and oxygen atoms in total. The van der Waals surface area contributed by atoms with Gasteiger partial charge in [0.25, 0.3) is 0 Å². The molecule has 0 aromatic carbocycles. The van der Waals surface area contributed by atoms with Crippen LogP contribution in [0.4, 0.5) is 0 Å². The number of carbonyl (C=O) groups is 1. The summed E-state index contributed by atoms with van der Waals surface area (Å²) in [5.41, 5.74) is 4.73. The Kier molecular flexibility index (Phi) is 4.07. The maximum absolute atomic E-state index is 11.0. The van der Waals surface area contributed by atoms with Crippen LogP contribution in [-0.4, -0.2) is 54.4 Å². The van der Waals surface area contributed by atoms with E-state index in [0.717, 1.165) is 13.0 Å². The van der Waals surface area contributed by atoms with Crippen LogP contribution in [-0.2, 0) is 9.53 Å². The number of carboxylic acids is 1. The molecule has 15 heavy (non-hydrogen) atoms. The molecule has 0 aromatic heterocycles. The van der Waals surface area contributed by atoms with E-state index in [9.17, 15) is 4.79 Å². The SMILES string of the molecule is CCC(COC)N1CCC(N)(C(=O)O)C1. The lowest BCUT2D eigenvalue weighted by atomic mass is 10.0. The minimum absolute atomic E-state index is 0.278. The van der Waals surface area contributed by atoms with Crippen molar-refractivity contribution in [3.05, 3.63) is 0 Å². The highest BCUT2D eigenvalue weighted by Gasteiger charge is 2.42. The first-order valence-electron chi connectivity index (χ1n) is 5.28. The van der Waals surface area contributed by atoms with Crippen molar-refractivity contribution in [1.82, 2.24) is 4.90 Å². The van der Waals surface area contributed by atoms with E-state index in [-0.39, 0.29) is 6.04 Å². The molecule has 1 aliphatic heterocycles. The lowest BCUT2D eigenvalue weighted by Gasteiger charge is -2.27. The van der Waals surface area contributed by atoms with Gasteiger partial charge in [-0.1, -0.05) is 6.92 Å². The highest BCUT2D eigenvalue weighted by atomic mass is 16.5. The van der Waals surface area contributed by atoms with Gasteiger partial charge in [0.15, 0.2) is 0 Å². The Bertz CT molecular complexity index is 235. The summed E-state index contributed by atoms with van der Waals surface area (Å²) in [7, 11) is 1.66. The molecule has 0 amide bonds. The van der Waals surface area contributed by atoms with Crippen LogP contribution in [0.3, 0.4) is 0 Å². The van der Waals surface area contributed by atoms with E-state index in [0.29, 0.717) is 19.6 Å². The molecule has 2 atom stereocenters. The fourth-order valence-corrected chi connectivity index (χ4v) is 2.02. The van der Waals surface area contributed by atoms with Crippen molar-refractivity contribution in [3.63, 3.8) is 0 Å². The Hall–Kier alpha value is -0.650. The number of rotatable bonds is 5. The van der Waals surface area contributed by atoms with Crippen LogP contribution in [0.5, 0.6) is 0 Å². The van der Waals surface area contributed by atoms with Gasteiger partial charge in [0, 0.05) is 26.2 Å². The molecule has 1 fully saturated rings. The fourth-order valence-electron chi connectivity index (χ4n) is 2.02. The number of likely N-dealkylation sites (tertiary alicyclic amines) is 1. The van der Waals surface area contributed by atoms with Crippen molar-refractivity contribution in [1.29, 1.82) is 0 Å². The molecule has 1 saturated heterocycles. The third kappa shape index (κ3) is 2.68. The van der Waals surface area contributed by atoms with Gasteiger partial charge in [-0.25, -0.2) is 0 Å². The first-order valence-corrected chi connectivity index (χ1v) is 5.28. The number of hydrogen-bond donors (Lipinski definition) is 2. The van der Waals surface area contributed by atoms with Crippen LogP contribution < -0.4 is 5.73 Å². The lowest BCUT2D eigenvalue weighted by molar-refractivity contribution is -0.142. The van der Waals surface area contributed by atoms with E-state index < -0.39 is 11.5 Å². The topological polar surface area (TPSA) is 75.8 Å². The predicted molar refractivity (Wildman–Crippen MR) is 56.7 cm³/mol. The summed E-state index contributed by atoms with van der Waals surface area (Å²) in [5, 5.41) is 8.99. The zero-order valence-electron chi connectivity index (χ0n) is 9.40. The average Bonchev–Trinajstić information content (AvgIpc) is 2.59. The Balaban J connectivity index is 2.57. The smallest absolute Gasteiger partial charge is 0.325 e. The molecule has 1 heterocycles. The lowest BCUT2D eigenvalue weighted by Crippen LogP contribution is -2.51. The van der Waals surface area contributed by atoms with Gasteiger partial charge in [0.1, 0.15) is 5.54 Å². The summed E-state index contributed by atoms with van der Waals surface area (Å²) in [6.45, 7) is 3.86. The molecule has 0 saturated carbocycles. The third-order valence-corrected chi connectivity index (χ3v) is 3.10. The van der Waals surface area contributed by atoms with Crippen molar-refractivity contribution in [3.8, 4) is 0 Å². The summed E-state index contributed by atoms with van der Waals surface area (Å²) in [4.78, 5) is 13.1. The standard InChI is InChI=1S/C10H20N2O3/c1-3-8(6-15-2)12-5-4-10(11,7-12)9(13)14/h8H,3-7,11H2,1-2H3,(H,13,14). The van der Waals surface area contributed by atoms with Gasteiger partial charge in [0.2, 0.25) is 0 Å². The molecule has 5 heteroatoms. The Morgan fingerprint density at radius 2 is 2.40 bits per heavy atom. The first kappa shape index (κ1) is 12.4. The number of nitrogens with two attached hydrogens (primary N) is 1. The number of ether oxygens (including phenoxy) is 1. The number of hydrogen-bond acceptors (Lipinski definition) is 4. The van der Waals surface area contributed by atoms with E-state index >= 15 is 0 Å². The molecule has 3 N–H and O–H groups in total. The van der Waals surface area contributed by atoms with Crippen LogP contribution in [0.15, 0.2) is 0 Å². The number of nitrogens with zero attached hydrogens (tertiary/aromatic N) is 1. The first-order chi connectivity index (χ1) is 7.03. The second-order valence-electron chi connectivity index (χ2n) is 4.20. The van der Waals surface area contributed by atoms with E-state index in [1.165, 1.54) is 0 Å². The minimum Gasteiger partial charge on any atom is -0.480 e. The highest BCUT2D eigenvalue weighted by Crippen LogP contribution is 2.22. The van der Waals surface area contributed by atoms with E-state index in [1.54, 1.807) is 7.11 Å². The summed E-state index contributed by atoms with van der Waals surface area (Å²) < 4.78 is 5.11. The predicted octanol–water partition coefficient (Wildman–Crippen LogP) is -0.101. The molecule has 0 bridgehead atoms. The van der Waals surface area contributed by atoms with Gasteiger partial charge < -0.3 is 15.6 Å². The Morgan fingerprint density at radius 1 is 1.73 bits per heavy atom. The van der Waals surface area contributed by atoms with Crippen LogP contribution in [0, 0.1) is 0 Å². The quantitative estimate of drug-likeness (QED) is 0.671. The molecule has 1 rings (SSSR count). The van der Waals surface area contributed by atoms with E-state index in [2.05, 4.69) is 11.8 Å². The van der Waals surface area contributed by atoms with Crippen LogP contribution in [0.1, 0.15) is 19.8 Å². The molecular formula is C10H20N2O3. The summed E-state index contributed by atoms with van der Waals surface area (Å²) in [6, 6.07) is 0.278. The molecular weight excluding hydrogens is 196 g/mol. The second-order valence-corrected chi connectivity index (χ2v) is 4.20. The van der Waals surface area contributed by atoms with Crippen molar-refractivity contribution in [2.24, 2.45) is 5.73 Å². The molecule has 0 spiro atoms. The van der Waals surface area contributed by atoms with Crippen molar-refractivity contribution < 1.29 is 14.6 Å². The van der Waals surface area contributed by atoms with Crippen molar-refractivity contribution >= 4 is 5.97 Å². The zero-order valence-corrected chi connectivity index (χ0v) is 9.40. The van der Waals surface area contributed by atoms with Gasteiger partial charge in [-0.15, -0.1) is 0 Å². The average molecular weight is 216 g/mol. The molecule has 0 radical (unpaired) electrons. The maximum Gasteiger partial charge on any atom is 0.325 e. The van der Waals surface area contributed by atoms with Crippen LogP contribution in [0.25, 0.3) is 0 Å². The zero-order chi connectivity index (χ0) is 11.5.